The van der Waals surface area contributed by atoms with Crippen molar-refractivity contribution < 1.29 is 9.66 Å². The van der Waals surface area contributed by atoms with Gasteiger partial charge in [-0.3, -0.25) is 15.0 Å². The van der Waals surface area contributed by atoms with E-state index in [0.29, 0.717) is 11.8 Å². The summed E-state index contributed by atoms with van der Waals surface area (Å²) < 4.78 is 5.37. The average Bonchev–Trinajstić information content (AvgIpc) is 2.99. The molecular weight excluding hydrogens is 220 g/mol. The standard InChI is InChI=1S/C12H20N2O3/c15-14(16)9-12(13-5-7-17-8-6-13)10-3-1-2-4-11(10)12/h10-11H,1-9H2/t10-,11+,12?. The molecule has 2 aliphatic carbocycles. The molecule has 0 aromatic heterocycles. The molecule has 3 rings (SSSR count). The van der Waals surface area contributed by atoms with Gasteiger partial charge >= 0.3 is 0 Å². The van der Waals surface area contributed by atoms with E-state index in [1.807, 2.05) is 0 Å². The van der Waals surface area contributed by atoms with Crippen molar-refractivity contribution in [1.82, 2.24) is 4.90 Å². The third-order valence-corrected chi connectivity index (χ3v) is 4.92. The van der Waals surface area contributed by atoms with E-state index in [1.54, 1.807) is 0 Å². The van der Waals surface area contributed by atoms with Crippen LogP contribution in [0.3, 0.4) is 0 Å². The van der Waals surface area contributed by atoms with E-state index in [2.05, 4.69) is 4.90 Å². The minimum atomic E-state index is -0.107. The molecule has 5 nitrogen and oxygen atoms in total. The molecule has 0 spiro atoms. The van der Waals surface area contributed by atoms with E-state index >= 15 is 0 Å². The van der Waals surface area contributed by atoms with Gasteiger partial charge in [-0.15, -0.1) is 0 Å². The van der Waals surface area contributed by atoms with E-state index < -0.39 is 0 Å². The van der Waals surface area contributed by atoms with Crippen molar-refractivity contribution in [3.05, 3.63) is 10.1 Å². The number of ether oxygens (including phenoxy) is 1. The van der Waals surface area contributed by atoms with Crippen molar-refractivity contribution in [1.29, 1.82) is 0 Å². The van der Waals surface area contributed by atoms with Crippen molar-refractivity contribution in [2.75, 3.05) is 32.8 Å². The predicted molar refractivity (Wildman–Crippen MR) is 62.4 cm³/mol. The summed E-state index contributed by atoms with van der Waals surface area (Å²) in [4.78, 5) is 13.2. The second kappa shape index (κ2) is 4.21. The fourth-order valence-electron chi connectivity index (χ4n) is 4.21. The topological polar surface area (TPSA) is 55.6 Å². The lowest BCUT2D eigenvalue weighted by Crippen LogP contribution is -2.50. The largest absolute Gasteiger partial charge is 0.379 e. The minimum absolute atomic E-state index is 0.103. The van der Waals surface area contributed by atoms with Gasteiger partial charge in [0.2, 0.25) is 6.54 Å². The number of nitro groups is 1. The monoisotopic (exact) mass is 240 g/mol. The third-order valence-electron chi connectivity index (χ3n) is 4.92. The SMILES string of the molecule is O=[N+]([O-])CC1(N2CCOCC2)[C@@H]2CCCC[C@@H]21. The summed E-state index contributed by atoms with van der Waals surface area (Å²) in [7, 11) is 0. The van der Waals surface area contributed by atoms with Gasteiger partial charge in [0, 0.05) is 18.0 Å². The van der Waals surface area contributed by atoms with Crippen LogP contribution in [0.5, 0.6) is 0 Å². The number of fused-ring (bicyclic) bond motifs is 1. The second-order valence-corrected chi connectivity index (χ2v) is 5.58. The molecule has 1 aliphatic heterocycles. The lowest BCUT2D eigenvalue weighted by atomic mass is 10.0. The highest BCUT2D eigenvalue weighted by molar-refractivity contribution is 5.19. The Morgan fingerprint density at radius 3 is 2.35 bits per heavy atom. The first kappa shape index (κ1) is 11.4. The molecule has 17 heavy (non-hydrogen) atoms. The molecule has 3 fully saturated rings. The Hall–Kier alpha value is -0.680. The molecule has 5 heteroatoms. The maximum absolute atomic E-state index is 11.0. The van der Waals surface area contributed by atoms with Gasteiger partial charge in [-0.1, -0.05) is 12.8 Å². The number of hydrogen-bond acceptors (Lipinski definition) is 4. The smallest absolute Gasteiger partial charge is 0.222 e. The molecule has 0 radical (unpaired) electrons. The van der Waals surface area contributed by atoms with Crippen LogP contribution in [0.1, 0.15) is 25.7 Å². The fraction of sp³-hybridized carbons (Fsp3) is 1.00. The maximum atomic E-state index is 11.0. The van der Waals surface area contributed by atoms with E-state index in [-0.39, 0.29) is 17.0 Å². The van der Waals surface area contributed by atoms with Crippen LogP contribution in [0.15, 0.2) is 0 Å². The first-order valence-electron chi connectivity index (χ1n) is 6.70. The summed E-state index contributed by atoms with van der Waals surface area (Å²) in [5.74, 6) is 1.17. The van der Waals surface area contributed by atoms with E-state index in [9.17, 15) is 10.1 Å². The molecular formula is C12H20N2O3. The summed E-state index contributed by atoms with van der Waals surface area (Å²) in [5.41, 5.74) is -0.107. The van der Waals surface area contributed by atoms with Gasteiger partial charge < -0.3 is 4.74 Å². The molecule has 1 unspecified atom stereocenters. The molecule has 1 heterocycles. The number of hydrogen-bond donors (Lipinski definition) is 0. The summed E-state index contributed by atoms with van der Waals surface area (Å²) in [5, 5.41) is 11.0. The van der Waals surface area contributed by atoms with Crippen molar-refractivity contribution in [3.8, 4) is 0 Å². The Labute approximate surface area is 101 Å². The quantitative estimate of drug-likeness (QED) is 0.548. The molecule has 0 aromatic rings. The Kier molecular flexibility index (Phi) is 2.83. The molecule has 0 N–H and O–H groups in total. The molecule has 1 saturated heterocycles. The van der Waals surface area contributed by atoms with Crippen LogP contribution in [0.2, 0.25) is 0 Å². The zero-order valence-electron chi connectivity index (χ0n) is 10.1. The highest BCUT2D eigenvalue weighted by Crippen LogP contribution is 2.61. The van der Waals surface area contributed by atoms with E-state index in [4.69, 9.17) is 4.74 Å². The highest BCUT2D eigenvalue weighted by Gasteiger charge is 2.70. The fourth-order valence-corrected chi connectivity index (χ4v) is 4.21. The Balaban J connectivity index is 1.79. The molecule has 0 amide bonds. The second-order valence-electron chi connectivity index (χ2n) is 5.58. The molecule has 0 bridgehead atoms. The molecule has 3 atom stereocenters. The van der Waals surface area contributed by atoms with Crippen molar-refractivity contribution in [2.45, 2.75) is 31.2 Å². The Morgan fingerprint density at radius 1 is 1.24 bits per heavy atom. The average molecular weight is 240 g/mol. The van der Waals surface area contributed by atoms with Gasteiger partial charge in [0.05, 0.1) is 18.8 Å². The van der Waals surface area contributed by atoms with E-state index in [1.165, 1.54) is 25.7 Å². The van der Waals surface area contributed by atoms with Crippen LogP contribution >= 0.6 is 0 Å². The lowest BCUT2D eigenvalue weighted by molar-refractivity contribution is -0.491. The van der Waals surface area contributed by atoms with Crippen molar-refractivity contribution in [3.63, 3.8) is 0 Å². The zero-order chi connectivity index (χ0) is 11.9. The van der Waals surface area contributed by atoms with Crippen LogP contribution in [-0.2, 0) is 4.74 Å². The van der Waals surface area contributed by atoms with Gasteiger partial charge in [0.15, 0.2) is 0 Å². The highest BCUT2D eigenvalue weighted by atomic mass is 16.6. The zero-order valence-corrected chi connectivity index (χ0v) is 10.1. The number of morpholine rings is 1. The van der Waals surface area contributed by atoms with Gasteiger partial charge in [-0.2, -0.15) is 0 Å². The summed E-state index contributed by atoms with van der Waals surface area (Å²) >= 11 is 0. The van der Waals surface area contributed by atoms with Crippen molar-refractivity contribution in [2.24, 2.45) is 11.8 Å². The minimum Gasteiger partial charge on any atom is -0.379 e. The molecule has 0 aromatic carbocycles. The first-order valence-corrected chi connectivity index (χ1v) is 6.70. The van der Waals surface area contributed by atoms with Crippen LogP contribution in [0.25, 0.3) is 0 Å². The number of rotatable bonds is 3. The van der Waals surface area contributed by atoms with Gasteiger partial charge in [-0.25, -0.2) is 0 Å². The van der Waals surface area contributed by atoms with Crippen LogP contribution in [-0.4, -0.2) is 48.2 Å². The normalized spacial score (nSPS) is 41.9. The predicted octanol–water partition coefficient (Wildman–Crippen LogP) is 1.15. The maximum Gasteiger partial charge on any atom is 0.222 e. The molecule has 2 saturated carbocycles. The van der Waals surface area contributed by atoms with Gasteiger partial charge in [0.25, 0.3) is 0 Å². The first-order chi connectivity index (χ1) is 8.25. The lowest BCUT2D eigenvalue weighted by Gasteiger charge is -2.34. The molecule has 96 valence electrons. The Morgan fingerprint density at radius 2 is 1.82 bits per heavy atom. The third kappa shape index (κ3) is 1.76. The molecule has 3 aliphatic rings. The van der Waals surface area contributed by atoms with Crippen LogP contribution < -0.4 is 0 Å². The van der Waals surface area contributed by atoms with Crippen LogP contribution in [0.4, 0.5) is 0 Å². The van der Waals surface area contributed by atoms with Crippen LogP contribution in [0, 0.1) is 22.0 Å². The Bertz CT molecular complexity index is 303. The van der Waals surface area contributed by atoms with E-state index in [0.717, 1.165) is 26.3 Å². The van der Waals surface area contributed by atoms with Gasteiger partial charge in [0.1, 0.15) is 0 Å². The number of nitrogens with zero attached hydrogens (tertiary/aromatic N) is 2. The van der Waals surface area contributed by atoms with Gasteiger partial charge in [-0.05, 0) is 24.7 Å². The van der Waals surface area contributed by atoms with Crippen molar-refractivity contribution >= 4 is 0 Å². The summed E-state index contributed by atoms with van der Waals surface area (Å²) in [6.45, 7) is 3.36. The summed E-state index contributed by atoms with van der Waals surface area (Å²) in [6, 6.07) is 0. The summed E-state index contributed by atoms with van der Waals surface area (Å²) in [6.07, 6.45) is 4.89.